The Hall–Kier alpha value is -1.48. The van der Waals surface area contributed by atoms with Gasteiger partial charge in [0.25, 0.3) is 0 Å². The molecule has 9 heteroatoms. The monoisotopic (exact) mass is 396 g/mol. The third kappa shape index (κ3) is 3.26. The molecule has 1 saturated heterocycles. The minimum absolute atomic E-state index is 0.0453. The number of nitrogen functional groups attached to an aromatic ring is 1. The first-order valence-corrected chi connectivity index (χ1v) is 11.9. The highest BCUT2D eigenvalue weighted by molar-refractivity contribution is 6.74. The number of carbonyl (C=O) groups is 1. The summed E-state index contributed by atoms with van der Waals surface area (Å²) in [5, 5.41) is 1.09. The van der Waals surface area contributed by atoms with Crippen LogP contribution in [0, 0.1) is 0 Å². The van der Waals surface area contributed by atoms with Gasteiger partial charge in [-0.2, -0.15) is 0 Å². The first-order chi connectivity index (χ1) is 12.0. The van der Waals surface area contributed by atoms with Crippen LogP contribution in [0.1, 0.15) is 33.4 Å². The third-order valence-electron chi connectivity index (χ3n) is 5.40. The molecule has 1 fully saturated rings. The number of nitrogens with zero attached hydrogens (tertiary/aromatic N) is 3. The Bertz CT molecular complexity index is 833. The van der Waals surface area contributed by atoms with Crippen molar-refractivity contribution in [1.29, 1.82) is 0 Å². The van der Waals surface area contributed by atoms with Crippen LogP contribution in [-0.4, -0.2) is 41.3 Å². The van der Waals surface area contributed by atoms with E-state index in [4.69, 9.17) is 26.5 Å². The van der Waals surface area contributed by atoms with Crippen LogP contribution in [0.15, 0.2) is 12.5 Å². The lowest BCUT2D eigenvalue weighted by Crippen LogP contribution is -2.46. The molecule has 0 spiro atoms. The molecule has 7 nitrogen and oxygen atoms in total. The van der Waals surface area contributed by atoms with E-state index in [9.17, 15) is 4.79 Å². The number of nitrogens with two attached hydrogens (primary N) is 1. The van der Waals surface area contributed by atoms with E-state index >= 15 is 0 Å². The second kappa shape index (κ2) is 6.60. The standard InChI is InChI=1S/C17H25ClN4O3Si/c1-17(2,3)26(4,5)25-11-6-13(24-12(11)8-23)22-7-10(18)14-15(19)20-9-21-16(14)22/h7-9,11-13H,6H2,1-5H3,(H2,19,20,21)/t11-,12+,13+/m0/s1. The van der Waals surface area contributed by atoms with Crippen LogP contribution in [0.3, 0.4) is 0 Å². The molecular formula is C17H25ClN4O3Si. The summed E-state index contributed by atoms with van der Waals surface area (Å²) in [4.78, 5) is 19.8. The zero-order valence-corrected chi connectivity index (χ0v) is 17.4. The number of aldehydes is 1. The number of hydrogen-bond donors (Lipinski definition) is 1. The van der Waals surface area contributed by atoms with E-state index < -0.39 is 20.6 Å². The van der Waals surface area contributed by atoms with E-state index in [-0.39, 0.29) is 11.1 Å². The molecule has 3 atom stereocenters. The summed E-state index contributed by atoms with van der Waals surface area (Å²) < 4.78 is 14.2. The van der Waals surface area contributed by atoms with Crippen molar-refractivity contribution < 1.29 is 14.0 Å². The number of aromatic nitrogens is 3. The van der Waals surface area contributed by atoms with Gasteiger partial charge < -0.3 is 24.3 Å². The molecule has 1 aliphatic rings. The fraction of sp³-hybridized carbons (Fsp3) is 0.588. The largest absolute Gasteiger partial charge is 0.411 e. The summed E-state index contributed by atoms with van der Waals surface area (Å²) in [6, 6.07) is 0. The molecule has 0 amide bonds. The molecule has 1 aliphatic heterocycles. The van der Waals surface area contributed by atoms with Crippen LogP contribution in [0.5, 0.6) is 0 Å². The van der Waals surface area contributed by atoms with Gasteiger partial charge >= 0.3 is 0 Å². The minimum Gasteiger partial charge on any atom is -0.411 e. The number of rotatable bonds is 4. The van der Waals surface area contributed by atoms with Gasteiger partial charge in [0.15, 0.2) is 14.6 Å². The molecule has 3 heterocycles. The molecule has 26 heavy (non-hydrogen) atoms. The van der Waals surface area contributed by atoms with Gasteiger partial charge in [0, 0.05) is 12.6 Å². The van der Waals surface area contributed by atoms with Crippen LogP contribution < -0.4 is 5.73 Å². The predicted molar refractivity (Wildman–Crippen MR) is 104 cm³/mol. The molecule has 0 radical (unpaired) electrons. The fourth-order valence-corrected chi connectivity index (χ4v) is 4.54. The second-order valence-corrected chi connectivity index (χ2v) is 13.3. The number of hydrogen-bond acceptors (Lipinski definition) is 6. The maximum Gasteiger partial charge on any atom is 0.192 e. The van der Waals surface area contributed by atoms with Crippen molar-refractivity contribution in [3.63, 3.8) is 0 Å². The minimum atomic E-state index is -2.04. The quantitative estimate of drug-likeness (QED) is 0.627. The van der Waals surface area contributed by atoms with E-state index in [1.165, 1.54) is 6.33 Å². The van der Waals surface area contributed by atoms with Gasteiger partial charge in [-0.1, -0.05) is 32.4 Å². The zero-order valence-electron chi connectivity index (χ0n) is 15.7. The Balaban J connectivity index is 1.91. The molecular weight excluding hydrogens is 372 g/mol. The van der Waals surface area contributed by atoms with Gasteiger partial charge in [-0.15, -0.1) is 0 Å². The van der Waals surface area contributed by atoms with Crippen molar-refractivity contribution in [2.45, 2.75) is 63.8 Å². The van der Waals surface area contributed by atoms with Gasteiger partial charge in [-0.3, -0.25) is 0 Å². The van der Waals surface area contributed by atoms with Crippen molar-refractivity contribution in [2.75, 3.05) is 5.73 Å². The first kappa shape index (κ1) is 19.3. The number of fused-ring (bicyclic) bond motifs is 1. The summed E-state index contributed by atoms with van der Waals surface area (Å²) in [6.45, 7) is 10.8. The molecule has 2 N–H and O–H groups in total. The molecule has 0 aromatic carbocycles. The van der Waals surface area contributed by atoms with Crippen LogP contribution in [0.2, 0.25) is 23.2 Å². The maximum absolute atomic E-state index is 11.6. The Morgan fingerprint density at radius 3 is 2.73 bits per heavy atom. The second-order valence-electron chi connectivity index (χ2n) is 8.19. The molecule has 0 saturated carbocycles. The van der Waals surface area contributed by atoms with Gasteiger partial charge in [-0.25, -0.2) is 9.97 Å². The van der Waals surface area contributed by atoms with Crippen LogP contribution in [0.4, 0.5) is 5.82 Å². The summed E-state index contributed by atoms with van der Waals surface area (Å²) in [6.07, 6.45) is 3.15. The van der Waals surface area contributed by atoms with Gasteiger partial charge in [0.2, 0.25) is 0 Å². The van der Waals surface area contributed by atoms with E-state index in [1.54, 1.807) is 10.8 Å². The molecule has 2 aromatic heterocycles. The van der Waals surface area contributed by atoms with Crippen molar-refractivity contribution in [1.82, 2.24) is 14.5 Å². The molecule has 2 aromatic rings. The highest BCUT2D eigenvalue weighted by Crippen LogP contribution is 2.42. The predicted octanol–water partition coefficient (Wildman–Crippen LogP) is 3.54. The van der Waals surface area contributed by atoms with E-state index in [1.807, 2.05) is 0 Å². The Labute approximate surface area is 159 Å². The number of carbonyl (C=O) groups excluding carboxylic acids is 1. The first-order valence-electron chi connectivity index (χ1n) is 8.60. The average molecular weight is 397 g/mol. The highest BCUT2D eigenvalue weighted by Gasteiger charge is 2.45. The highest BCUT2D eigenvalue weighted by atomic mass is 35.5. The Morgan fingerprint density at radius 2 is 2.12 bits per heavy atom. The Kier molecular flexibility index (Phi) is 4.89. The summed E-state index contributed by atoms with van der Waals surface area (Å²) in [7, 11) is -2.04. The van der Waals surface area contributed by atoms with E-state index in [0.29, 0.717) is 28.3 Å². The van der Waals surface area contributed by atoms with E-state index in [0.717, 1.165) is 6.29 Å². The molecule has 0 bridgehead atoms. The molecule has 142 valence electrons. The summed E-state index contributed by atoms with van der Waals surface area (Å²) in [5.74, 6) is 0.317. The maximum atomic E-state index is 11.6. The SMILES string of the molecule is CC(C)(C)[Si](C)(C)O[C@H]1C[C@H](n2cc(Cl)c3c(N)ncnc32)O[C@@H]1C=O. The smallest absolute Gasteiger partial charge is 0.192 e. The third-order valence-corrected chi connectivity index (χ3v) is 10.2. The van der Waals surface area contributed by atoms with Crippen LogP contribution in [0.25, 0.3) is 11.0 Å². The van der Waals surface area contributed by atoms with Gasteiger partial charge in [-0.05, 0) is 18.1 Å². The van der Waals surface area contributed by atoms with Gasteiger partial charge in [0.1, 0.15) is 30.1 Å². The van der Waals surface area contributed by atoms with Crippen LogP contribution in [-0.2, 0) is 14.0 Å². The van der Waals surface area contributed by atoms with E-state index in [2.05, 4.69) is 43.8 Å². The normalized spacial score (nSPS) is 24.3. The van der Waals surface area contributed by atoms with Gasteiger partial charge in [0.05, 0.1) is 16.5 Å². The van der Waals surface area contributed by atoms with Crippen LogP contribution >= 0.6 is 11.6 Å². The van der Waals surface area contributed by atoms with Crippen molar-refractivity contribution in [3.8, 4) is 0 Å². The number of anilines is 1. The Morgan fingerprint density at radius 1 is 1.42 bits per heavy atom. The average Bonchev–Trinajstić information content (AvgIpc) is 3.07. The van der Waals surface area contributed by atoms with Crippen molar-refractivity contribution in [3.05, 3.63) is 17.5 Å². The topological polar surface area (TPSA) is 92.3 Å². The lowest BCUT2D eigenvalue weighted by molar-refractivity contribution is -0.122. The number of ether oxygens (including phenoxy) is 1. The molecule has 0 unspecified atom stereocenters. The lowest BCUT2D eigenvalue weighted by Gasteiger charge is -2.38. The summed E-state index contributed by atoms with van der Waals surface area (Å²) >= 11 is 6.30. The molecule has 0 aliphatic carbocycles. The zero-order chi connectivity index (χ0) is 19.3. The fourth-order valence-electron chi connectivity index (χ4n) is 2.91. The number of halogens is 1. The lowest BCUT2D eigenvalue weighted by atomic mass is 10.2. The van der Waals surface area contributed by atoms with Crippen molar-refractivity contribution >= 4 is 43.1 Å². The molecule has 3 rings (SSSR count). The van der Waals surface area contributed by atoms with Crippen molar-refractivity contribution in [2.24, 2.45) is 0 Å². The summed E-state index contributed by atoms with van der Waals surface area (Å²) in [5.41, 5.74) is 6.50.